The van der Waals surface area contributed by atoms with Crippen molar-refractivity contribution >= 4 is 5.91 Å². The van der Waals surface area contributed by atoms with Crippen molar-refractivity contribution in [3.05, 3.63) is 35.6 Å². The van der Waals surface area contributed by atoms with E-state index in [1.807, 2.05) is 6.07 Å². The zero-order valence-electron chi connectivity index (χ0n) is 14.1. The minimum Gasteiger partial charge on any atom is -0.390 e. The van der Waals surface area contributed by atoms with Gasteiger partial charge in [0.25, 0.3) is 0 Å². The molecule has 4 fully saturated rings. The maximum absolute atomic E-state index is 13.6. The van der Waals surface area contributed by atoms with Crippen LogP contribution < -0.4 is 5.32 Å². The van der Waals surface area contributed by atoms with Crippen molar-refractivity contribution in [2.24, 2.45) is 17.3 Å². The molecule has 0 saturated heterocycles. The third-order valence-corrected chi connectivity index (χ3v) is 6.36. The predicted octanol–water partition coefficient (Wildman–Crippen LogP) is 3.21. The molecule has 4 heteroatoms. The minimum absolute atomic E-state index is 0.000906. The van der Waals surface area contributed by atoms with Gasteiger partial charge in [-0.2, -0.15) is 0 Å². The lowest BCUT2D eigenvalue weighted by atomic mass is 9.47. The quantitative estimate of drug-likeness (QED) is 0.870. The summed E-state index contributed by atoms with van der Waals surface area (Å²) in [7, 11) is 0. The lowest BCUT2D eigenvalue weighted by Crippen LogP contribution is -2.56. The van der Waals surface area contributed by atoms with Gasteiger partial charge in [0.15, 0.2) is 0 Å². The SMILES string of the molecule is O=C(CC12CC3CC(CC(O)(C3)C1)C2)NCCc1ccccc1F. The summed E-state index contributed by atoms with van der Waals surface area (Å²) in [5.41, 5.74) is 0.125. The van der Waals surface area contributed by atoms with Crippen LogP contribution >= 0.6 is 0 Å². The number of amides is 1. The van der Waals surface area contributed by atoms with Gasteiger partial charge in [0.05, 0.1) is 5.60 Å². The van der Waals surface area contributed by atoms with Crippen molar-refractivity contribution in [3.8, 4) is 0 Å². The van der Waals surface area contributed by atoms with E-state index >= 15 is 0 Å². The van der Waals surface area contributed by atoms with Crippen molar-refractivity contribution in [2.45, 2.75) is 57.0 Å². The molecule has 3 nitrogen and oxygen atoms in total. The standard InChI is InChI=1S/C20H26FNO2/c21-17-4-2-1-3-16(17)5-6-22-18(23)12-19-8-14-7-15(9-19)11-20(24,10-14)13-19/h1-4,14-15,24H,5-13H2,(H,22,23). The van der Waals surface area contributed by atoms with Crippen LogP contribution in [0.1, 0.15) is 50.5 Å². The van der Waals surface area contributed by atoms with E-state index in [1.165, 1.54) is 12.5 Å². The third-order valence-electron chi connectivity index (χ3n) is 6.36. The second-order valence-corrected chi connectivity index (χ2v) is 8.55. The highest BCUT2D eigenvalue weighted by atomic mass is 19.1. The topological polar surface area (TPSA) is 49.3 Å². The number of halogens is 1. The summed E-state index contributed by atoms with van der Waals surface area (Å²) in [5.74, 6) is 1.04. The van der Waals surface area contributed by atoms with Gasteiger partial charge in [-0.3, -0.25) is 4.79 Å². The summed E-state index contributed by atoms with van der Waals surface area (Å²) in [6.07, 6.45) is 7.09. The van der Waals surface area contributed by atoms with Gasteiger partial charge < -0.3 is 10.4 Å². The molecule has 0 radical (unpaired) electrons. The Morgan fingerprint density at radius 1 is 1.21 bits per heavy atom. The molecule has 4 bridgehead atoms. The summed E-state index contributed by atoms with van der Waals surface area (Å²) in [5, 5.41) is 13.7. The fourth-order valence-electron chi connectivity index (χ4n) is 6.05. The lowest BCUT2D eigenvalue weighted by Gasteiger charge is -2.60. The Morgan fingerprint density at radius 3 is 2.58 bits per heavy atom. The number of hydrogen-bond donors (Lipinski definition) is 2. The number of carbonyl (C=O) groups excluding carboxylic acids is 1. The van der Waals surface area contributed by atoms with Crippen LogP contribution in [0.15, 0.2) is 24.3 Å². The van der Waals surface area contributed by atoms with Crippen LogP contribution in [0.25, 0.3) is 0 Å². The van der Waals surface area contributed by atoms with Crippen LogP contribution in [-0.4, -0.2) is 23.2 Å². The Hall–Kier alpha value is -1.42. The first-order chi connectivity index (χ1) is 11.5. The number of rotatable bonds is 5. The molecular weight excluding hydrogens is 305 g/mol. The Morgan fingerprint density at radius 2 is 1.92 bits per heavy atom. The monoisotopic (exact) mass is 331 g/mol. The average Bonchev–Trinajstić information content (AvgIpc) is 2.46. The smallest absolute Gasteiger partial charge is 0.220 e. The molecule has 4 saturated carbocycles. The highest BCUT2D eigenvalue weighted by Crippen LogP contribution is 2.62. The molecule has 24 heavy (non-hydrogen) atoms. The minimum atomic E-state index is -0.516. The van der Waals surface area contributed by atoms with Gasteiger partial charge in [-0.05, 0) is 73.8 Å². The van der Waals surface area contributed by atoms with Crippen LogP contribution in [0.2, 0.25) is 0 Å². The molecule has 130 valence electrons. The van der Waals surface area contributed by atoms with Crippen molar-refractivity contribution in [2.75, 3.05) is 6.54 Å². The summed E-state index contributed by atoms with van der Waals surface area (Å²) in [6, 6.07) is 6.70. The largest absolute Gasteiger partial charge is 0.390 e. The molecule has 5 rings (SSSR count). The highest BCUT2D eigenvalue weighted by molar-refractivity contribution is 5.76. The fourth-order valence-corrected chi connectivity index (χ4v) is 6.05. The van der Waals surface area contributed by atoms with Gasteiger partial charge in [0, 0.05) is 13.0 Å². The molecule has 1 aromatic carbocycles. The van der Waals surface area contributed by atoms with Crippen molar-refractivity contribution in [3.63, 3.8) is 0 Å². The van der Waals surface area contributed by atoms with Gasteiger partial charge >= 0.3 is 0 Å². The van der Waals surface area contributed by atoms with Crippen molar-refractivity contribution < 1.29 is 14.3 Å². The van der Waals surface area contributed by atoms with Crippen molar-refractivity contribution in [1.29, 1.82) is 0 Å². The van der Waals surface area contributed by atoms with E-state index in [9.17, 15) is 14.3 Å². The second kappa shape index (κ2) is 5.83. The van der Waals surface area contributed by atoms with Crippen LogP contribution in [0.4, 0.5) is 4.39 Å². The number of hydrogen-bond acceptors (Lipinski definition) is 2. The van der Waals surface area contributed by atoms with E-state index in [4.69, 9.17) is 0 Å². The molecule has 2 N–H and O–H groups in total. The first-order valence-electron chi connectivity index (χ1n) is 9.18. The number of nitrogens with one attached hydrogen (secondary N) is 1. The zero-order chi connectivity index (χ0) is 16.8. The molecule has 0 aromatic heterocycles. The van der Waals surface area contributed by atoms with E-state index in [0.717, 1.165) is 32.1 Å². The molecule has 1 aromatic rings. The molecule has 0 spiro atoms. The molecule has 0 heterocycles. The van der Waals surface area contributed by atoms with Gasteiger partial charge in [-0.15, -0.1) is 0 Å². The third kappa shape index (κ3) is 3.08. The van der Waals surface area contributed by atoms with Gasteiger partial charge in [0.2, 0.25) is 5.91 Å². The van der Waals surface area contributed by atoms with Crippen LogP contribution in [0.5, 0.6) is 0 Å². The van der Waals surface area contributed by atoms with Gasteiger partial charge in [-0.25, -0.2) is 4.39 Å². The molecule has 0 aliphatic heterocycles. The zero-order valence-corrected chi connectivity index (χ0v) is 14.1. The Bertz CT molecular complexity index is 630. The summed E-state index contributed by atoms with van der Waals surface area (Å²) in [6.45, 7) is 0.465. The van der Waals surface area contributed by atoms with Crippen LogP contribution in [0.3, 0.4) is 0 Å². The lowest BCUT2D eigenvalue weighted by molar-refractivity contribution is -0.169. The normalized spacial score (nSPS) is 36.8. The average molecular weight is 331 g/mol. The highest BCUT2D eigenvalue weighted by Gasteiger charge is 2.57. The fraction of sp³-hybridized carbons (Fsp3) is 0.650. The molecule has 2 atom stereocenters. The number of carbonyl (C=O) groups is 1. The van der Waals surface area contributed by atoms with E-state index in [2.05, 4.69) is 5.32 Å². The Kier molecular flexibility index (Phi) is 3.91. The van der Waals surface area contributed by atoms with Crippen LogP contribution in [-0.2, 0) is 11.2 Å². The van der Waals surface area contributed by atoms with Gasteiger partial charge in [-0.1, -0.05) is 18.2 Å². The molecule has 1 amide bonds. The Balaban J connectivity index is 1.33. The predicted molar refractivity (Wildman–Crippen MR) is 89.8 cm³/mol. The first-order valence-corrected chi connectivity index (χ1v) is 9.18. The molecule has 4 aliphatic rings. The maximum atomic E-state index is 13.6. The van der Waals surface area contributed by atoms with E-state index in [1.54, 1.807) is 12.1 Å². The summed E-state index contributed by atoms with van der Waals surface area (Å²) in [4.78, 5) is 12.4. The molecule has 4 aliphatic carbocycles. The molecular formula is C20H26FNO2. The van der Waals surface area contributed by atoms with Crippen LogP contribution in [0, 0.1) is 23.1 Å². The second-order valence-electron chi connectivity index (χ2n) is 8.55. The maximum Gasteiger partial charge on any atom is 0.220 e. The number of aliphatic hydroxyl groups is 1. The summed E-state index contributed by atoms with van der Waals surface area (Å²) < 4.78 is 13.6. The molecule has 2 unspecified atom stereocenters. The Labute approximate surface area is 142 Å². The summed E-state index contributed by atoms with van der Waals surface area (Å²) >= 11 is 0. The van der Waals surface area contributed by atoms with E-state index in [-0.39, 0.29) is 17.1 Å². The first kappa shape index (κ1) is 16.1. The van der Waals surface area contributed by atoms with Gasteiger partial charge in [0.1, 0.15) is 5.82 Å². The van der Waals surface area contributed by atoms with E-state index in [0.29, 0.717) is 36.8 Å². The number of benzene rings is 1. The van der Waals surface area contributed by atoms with Crippen molar-refractivity contribution in [1.82, 2.24) is 5.32 Å². The van der Waals surface area contributed by atoms with E-state index < -0.39 is 5.60 Å².